The predicted octanol–water partition coefficient (Wildman–Crippen LogP) is 3.22. The molecule has 1 aromatic heterocycles. The molecule has 4 atom stereocenters. The molecule has 1 amide bonds. The van der Waals surface area contributed by atoms with Crippen LogP contribution < -0.4 is 14.5 Å². The Morgan fingerprint density at radius 2 is 1.82 bits per heavy atom. The first-order valence-electron chi connectivity index (χ1n) is 16.0. The maximum Gasteiger partial charge on any atom is 0.318 e. The van der Waals surface area contributed by atoms with Gasteiger partial charge in [-0.15, -0.1) is 0 Å². The Balaban J connectivity index is 1.20. The number of benzene rings is 2. The number of hydrogen-bond acceptors (Lipinski definition) is 9. The van der Waals surface area contributed by atoms with Crippen molar-refractivity contribution in [2.45, 2.75) is 57.3 Å². The molecule has 0 N–H and O–H groups in total. The highest BCUT2D eigenvalue weighted by Gasteiger charge is 2.43. The number of fused-ring (bicyclic) bond motifs is 2. The first-order valence-corrected chi connectivity index (χ1v) is 16.0. The van der Waals surface area contributed by atoms with E-state index >= 15 is 0 Å². The molecule has 2 aromatic carbocycles. The molecule has 10 nitrogen and oxygen atoms in total. The van der Waals surface area contributed by atoms with E-state index in [9.17, 15) is 10.1 Å². The van der Waals surface area contributed by atoms with E-state index in [1.165, 1.54) is 28.4 Å². The quantitative estimate of drug-likeness (QED) is 0.383. The fraction of sp³-hybridized carbons (Fsp3) is 0.529. The lowest BCUT2D eigenvalue weighted by Crippen LogP contribution is -2.57. The van der Waals surface area contributed by atoms with Gasteiger partial charge in [0.05, 0.1) is 30.8 Å². The number of piperazine rings is 1. The maximum absolute atomic E-state index is 13.2. The van der Waals surface area contributed by atoms with Gasteiger partial charge in [-0.25, -0.2) is 0 Å². The molecule has 44 heavy (non-hydrogen) atoms. The van der Waals surface area contributed by atoms with Crippen molar-refractivity contribution >= 4 is 28.2 Å². The molecule has 3 fully saturated rings. The third-order valence-corrected chi connectivity index (χ3v) is 10.1. The number of nitrogens with zero attached hydrogens (tertiary/aromatic N) is 8. The Kier molecular flexibility index (Phi) is 7.77. The van der Waals surface area contributed by atoms with Crippen LogP contribution in [0.5, 0.6) is 6.01 Å². The Morgan fingerprint density at radius 1 is 1.00 bits per heavy atom. The van der Waals surface area contributed by atoms with Gasteiger partial charge in [-0.1, -0.05) is 30.3 Å². The van der Waals surface area contributed by atoms with Gasteiger partial charge < -0.3 is 24.3 Å². The van der Waals surface area contributed by atoms with E-state index in [1.807, 2.05) is 16.8 Å². The first-order chi connectivity index (χ1) is 21.4. The van der Waals surface area contributed by atoms with Crippen LogP contribution in [0.25, 0.3) is 10.8 Å². The predicted molar refractivity (Wildman–Crippen MR) is 171 cm³/mol. The highest BCUT2D eigenvalue weighted by atomic mass is 16.5. The molecule has 0 aliphatic carbocycles. The van der Waals surface area contributed by atoms with E-state index in [-0.39, 0.29) is 18.0 Å². The highest BCUT2D eigenvalue weighted by molar-refractivity contribution is 5.97. The zero-order chi connectivity index (χ0) is 30.4. The molecule has 3 aromatic rings. The number of carbonyl (C=O) groups is 1. The molecular formula is C34H42N8O2. The van der Waals surface area contributed by atoms with E-state index in [4.69, 9.17) is 14.7 Å². The average molecular weight is 595 g/mol. The van der Waals surface area contributed by atoms with Crippen molar-refractivity contribution in [1.82, 2.24) is 24.7 Å². The van der Waals surface area contributed by atoms with Crippen molar-refractivity contribution in [2.75, 3.05) is 69.8 Å². The van der Waals surface area contributed by atoms with Crippen LogP contribution in [-0.2, 0) is 17.8 Å². The van der Waals surface area contributed by atoms with Crippen molar-refractivity contribution in [3.8, 4) is 12.1 Å². The summed E-state index contributed by atoms with van der Waals surface area (Å²) in [5.41, 5.74) is 4.65. The standard InChI is InChI=1S/C34H42N8O2/c1-23-7-4-8-24-9-5-11-29(31(23)24)40-16-13-27-28(20-40)36-34(44-22-26-10-6-15-38(26)2)37-32(27)41-17-18-42(25(19-41)12-14-35)33(43)30-21-39(30)3/h4-5,7-9,11,25-26,30H,6,10,12-13,15-22H2,1-3H3/t25-,26-,30?,39+/m0/s1. The minimum absolute atomic E-state index is 0.0491. The van der Waals surface area contributed by atoms with Crippen molar-refractivity contribution in [2.24, 2.45) is 0 Å². The Labute approximate surface area is 259 Å². The van der Waals surface area contributed by atoms with E-state index in [2.05, 4.69) is 71.1 Å². The summed E-state index contributed by atoms with van der Waals surface area (Å²) in [6.07, 6.45) is 3.41. The molecule has 4 aliphatic rings. The third kappa shape index (κ3) is 5.44. The van der Waals surface area contributed by atoms with Gasteiger partial charge in [0.1, 0.15) is 18.5 Å². The first kappa shape index (κ1) is 28.8. The lowest BCUT2D eigenvalue weighted by Gasteiger charge is -2.42. The zero-order valence-electron chi connectivity index (χ0n) is 26.1. The number of amides is 1. The molecule has 230 valence electrons. The summed E-state index contributed by atoms with van der Waals surface area (Å²) in [5, 5.41) is 12.2. The van der Waals surface area contributed by atoms with Gasteiger partial charge in [0.15, 0.2) is 0 Å². The molecule has 1 unspecified atom stereocenters. The summed E-state index contributed by atoms with van der Waals surface area (Å²) in [7, 11) is 4.12. The fourth-order valence-corrected chi connectivity index (χ4v) is 7.35. The normalized spacial score (nSPS) is 25.2. The molecule has 4 aliphatic heterocycles. The summed E-state index contributed by atoms with van der Waals surface area (Å²) in [6.45, 7) is 7.99. The molecular weight excluding hydrogens is 552 g/mol. The van der Waals surface area contributed by atoms with Crippen molar-refractivity contribution in [3.63, 3.8) is 0 Å². The average Bonchev–Trinajstić information content (AvgIpc) is 3.63. The highest BCUT2D eigenvalue weighted by Crippen LogP contribution is 2.36. The van der Waals surface area contributed by atoms with Gasteiger partial charge in [-0.05, 0) is 63.8 Å². The van der Waals surface area contributed by atoms with Gasteiger partial charge in [0.25, 0.3) is 0 Å². The fourth-order valence-electron chi connectivity index (χ4n) is 7.35. The topological polar surface area (TPSA) is 91.8 Å². The molecule has 0 bridgehead atoms. The van der Waals surface area contributed by atoms with Crippen molar-refractivity contribution in [1.29, 1.82) is 5.26 Å². The smallest absolute Gasteiger partial charge is 0.318 e. The van der Waals surface area contributed by atoms with Crippen molar-refractivity contribution < 1.29 is 9.53 Å². The molecule has 5 heterocycles. The van der Waals surface area contributed by atoms with E-state index in [0.29, 0.717) is 51.3 Å². The van der Waals surface area contributed by atoms with Gasteiger partial charge in [0, 0.05) is 55.4 Å². The molecule has 0 radical (unpaired) electrons. The van der Waals surface area contributed by atoms with Gasteiger partial charge in [-0.3, -0.25) is 9.69 Å². The monoisotopic (exact) mass is 594 g/mol. The lowest BCUT2D eigenvalue weighted by molar-refractivity contribution is -0.134. The molecule has 0 saturated carbocycles. The third-order valence-electron chi connectivity index (χ3n) is 10.1. The lowest BCUT2D eigenvalue weighted by atomic mass is 9.99. The van der Waals surface area contributed by atoms with Gasteiger partial charge in [0.2, 0.25) is 5.91 Å². The number of aryl methyl sites for hydroxylation is 1. The van der Waals surface area contributed by atoms with Crippen LogP contribution in [-0.4, -0.2) is 109 Å². The second-order valence-corrected chi connectivity index (χ2v) is 12.9. The minimum Gasteiger partial charge on any atom is -0.462 e. The largest absolute Gasteiger partial charge is 0.462 e. The van der Waals surface area contributed by atoms with Gasteiger partial charge >= 0.3 is 6.01 Å². The number of hydrogen-bond donors (Lipinski definition) is 0. The Hall–Kier alpha value is -3.94. The maximum atomic E-state index is 13.2. The molecule has 7 rings (SSSR count). The summed E-state index contributed by atoms with van der Waals surface area (Å²) in [6, 6.07) is 15.9. The molecule has 0 spiro atoms. The van der Waals surface area contributed by atoms with E-state index in [0.717, 1.165) is 49.6 Å². The van der Waals surface area contributed by atoms with Crippen LogP contribution in [0.2, 0.25) is 0 Å². The Morgan fingerprint density at radius 3 is 2.57 bits per heavy atom. The van der Waals surface area contributed by atoms with E-state index < -0.39 is 0 Å². The molecule has 3 saturated heterocycles. The van der Waals surface area contributed by atoms with Crippen LogP contribution >= 0.6 is 0 Å². The van der Waals surface area contributed by atoms with E-state index in [1.54, 1.807) is 0 Å². The summed E-state index contributed by atoms with van der Waals surface area (Å²) < 4.78 is 6.34. The summed E-state index contributed by atoms with van der Waals surface area (Å²) in [4.78, 5) is 34.3. The number of carbonyl (C=O) groups excluding carboxylic acids is 1. The second-order valence-electron chi connectivity index (χ2n) is 12.9. The number of anilines is 2. The van der Waals surface area contributed by atoms with Crippen LogP contribution in [0.1, 0.15) is 36.1 Å². The molecule has 10 heteroatoms. The van der Waals surface area contributed by atoms with Gasteiger partial charge in [-0.2, -0.15) is 15.2 Å². The van der Waals surface area contributed by atoms with Crippen molar-refractivity contribution in [3.05, 3.63) is 53.2 Å². The zero-order valence-corrected chi connectivity index (χ0v) is 26.1. The number of ether oxygens (including phenoxy) is 1. The SMILES string of the molecule is Cc1cccc2cccc(N3CCc4c(nc(OC[C@@H]5CCCN5C)nc4N4CCN(C(=O)C5C[N@@]5C)[C@@H](CC#N)C4)C3)c12. The minimum atomic E-state index is -0.170. The number of aromatic nitrogens is 2. The van der Waals surface area contributed by atoms with Crippen LogP contribution in [0.4, 0.5) is 11.5 Å². The Bertz CT molecular complexity index is 1600. The van der Waals surface area contributed by atoms with Crippen LogP contribution in [0, 0.1) is 18.3 Å². The number of likely N-dealkylation sites (tertiary alicyclic amines) is 1. The second kappa shape index (κ2) is 11.9. The number of nitriles is 1. The van der Waals surface area contributed by atoms with Crippen LogP contribution in [0.15, 0.2) is 36.4 Å². The summed E-state index contributed by atoms with van der Waals surface area (Å²) in [5.74, 6) is 1.04. The van der Waals surface area contributed by atoms with Crippen LogP contribution in [0.3, 0.4) is 0 Å². The summed E-state index contributed by atoms with van der Waals surface area (Å²) >= 11 is 0. The number of likely N-dealkylation sites (N-methyl/N-ethyl adjacent to an activating group) is 2. The number of rotatable bonds is 7.